The third-order valence-corrected chi connectivity index (χ3v) is 2.97. The minimum Gasteiger partial charge on any atom is -0.299 e. The molecule has 82 valence electrons. The van der Waals surface area contributed by atoms with Gasteiger partial charge in [0.2, 0.25) is 0 Å². The normalized spacial score (nSPS) is 11.4. The summed E-state index contributed by atoms with van der Waals surface area (Å²) in [6, 6.07) is 3.43. The lowest BCUT2D eigenvalue weighted by Crippen LogP contribution is -2.17. The van der Waals surface area contributed by atoms with Gasteiger partial charge in [0.15, 0.2) is 0 Å². The van der Waals surface area contributed by atoms with E-state index in [0.29, 0.717) is 4.88 Å². The molecule has 0 unspecified atom stereocenters. The maximum Gasteiger partial charge on any atom is 0.395 e. The molecule has 0 spiro atoms. The molecule has 6 heteroatoms. The molecule has 0 aliphatic carbocycles. The molecule has 0 amide bonds. The van der Waals surface area contributed by atoms with E-state index in [9.17, 15) is 18.0 Å². The maximum atomic E-state index is 11.8. The molecule has 0 aliphatic rings. The first-order valence-corrected chi connectivity index (χ1v) is 5.32. The summed E-state index contributed by atoms with van der Waals surface area (Å²) in [6.45, 7) is 0. The van der Waals surface area contributed by atoms with Crippen molar-refractivity contribution in [3.05, 3.63) is 22.4 Å². The van der Waals surface area contributed by atoms with Crippen LogP contribution in [0.5, 0.6) is 0 Å². The van der Waals surface area contributed by atoms with Crippen molar-refractivity contribution in [1.29, 1.82) is 0 Å². The fourth-order valence-corrected chi connectivity index (χ4v) is 2.03. The summed E-state index contributed by atoms with van der Waals surface area (Å²) in [4.78, 5) is 11.9. The second kappa shape index (κ2) is 4.85. The van der Waals surface area contributed by atoms with Gasteiger partial charge in [-0.1, -0.05) is 18.3 Å². The molecule has 0 bridgehead atoms. The van der Waals surface area contributed by atoms with Crippen LogP contribution in [0, 0.1) is 0 Å². The van der Waals surface area contributed by atoms with Gasteiger partial charge < -0.3 is 0 Å². The monoisotopic (exact) mass is 252 g/mol. The van der Waals surface area contributed by atoms with E-state index in [1.807, 2.05) is 0 Å². The number of thiophene rings is 1. The number of halogens is 3. The van der Waals surface area contributed by atoms with Crippen molar-refractivity contribution in [2.75, 3.05) is 0 Å². The predicted molar refractivity (Wildman–Crippen MR) is 56.3 cm³/mol. The van der Waals surface area contributed by atoms with Crippen LogP contribution >= 0.6 is 23.6 Å². The molecule has 1 rings (SSSR count). The number of carbonyl (C=O) groups is 1. The Kier molecular flexibility index (Phi) is 3.98. The van der Waals surface area contributed by atoms with Gasteiger partial charge in [-0.25, -0.2) is 0 Å². The quantitative estimate of drug-likeness (QED) is 0.603. The third kappa shape index (κ3) is 4.53. The van der Waals surface area contributed by atoms with Crippen molar-refractivity contribution in [3.8, 4) is 0 Å². The van der Waals surface area contributed by atoms with Crippen LogP contribution < -0.4 is 0 Å². The van der Waals surface area contributed by atoms with Crippen LogP contribution in [-0.4, -0.2) is 16.8 Å². The fraction of sp³-hybridized carbons (Fsp3) is 0.333. The van der Waals surface area contributed by atoms with Crippen LogP contribution in [0.15, 0.2) is 17.5 Å². The summed E-state index contributed by atoms with van der Waals surface area (Å²) in [7, 11) is 0. The summed E-state index contributed by atoms with van der Waals surface area (Å²) in [6.07, 6.45) is -6.16. The van der Waals surface area contributed by atoms with Gasteiger partial charge in [-0.15, -0.1) is 11.3 Å². The SMILES string of the molecule is O=C(CC(=S)c1cccs1)CC(F)(F)F. The fourth-order valence-electron chi connectivity index (χ4n) is 0.989. The number of thiocarbonyl (C=S) groups is 1. The Labute approximate surface area is 93.9 Å². The highest BCUT2D eigenvalue weighted by molar-refractivity contribution is 7.81. The summed E-state index contributed by atoms with van der Waals surface area (Å²) in [5.41, 5.74) is 0. The Morgan fingerprint density at radius 3 is 2.60 bits per heavy atom. The molecule has 1 aromatic rings. The van der Waals surface area contributed by atoms with Gasteiger partial charge in [0, 0.05) is 16.2 Å². The third-order valence-electron chi connectivity index (χ3n) is 1.55. The van der Waals surface area contributed by atoms with Gasteiger partial charge in [0.25, 0.3) is 0 Å². The number of hydrogen-bond acceptors (Lipinski definition) is 3. The van der Waals surface area contributed by atoms with Gasteiger partial charge in [-0.2, -0.15) is 13.2 Å². The topological polar surface area (TPSA) is 17.1 Å². The number of ketones is 1. The van der Waals surface area contributed by atoms with Crippen LogP contribution in [0.1, 0.15) is 17.7 Å². The molecule has 0 aromatic carbocycles. The molecule has 0 N–H and O–H groups in total. The molecule has 0 aliphatic heterocycles. The highest BCUT2D eigenvalue weighted by Gasteiger charge is 2.31. The minimum absolute atomic E-state index is 0.277. The lowest BCUT2D eigenvalue weighted by molar-refractivity contribution is -0.151. The molecule has 0 fully saturated rings. The number of alkyl halides is 3. The highest BCUT2D eigenvalue weighted by Crippen LogP contribution is 2.21. The highest BCUT2D eigenvalue weighted by atomic mass is 32.1. The summed E-state index contributed by atoms with van der Waals surface area (Å²) < 4.78 is 35.5. The van der Waals surface area contributed by atoms with E-state index in [1.54, 1.807) is 17.5 Å². The van der Waals surface area contributed by atoms with E-state index < -0.39 is 18.4 Å². The predicted octanol–water partition coefficient (Wildman–Crippen LogP) is 3.38. The molecule has 0 atom stereocenters. The van der Waals surface area contributed by atoms with E-state index in [4.69, 9.17) is 12.2 Å². The Hall–Kier alpha value is -0.750. The van der Waals surface area contributed by atoms with Crippen molar-refractivity contribution in [1.82, 2.24) is 0 Å². The zero-order valence-corrected chi connectivity index (χ0v) is 9.14. The van der Waals surface area contributed by atoms with Crippen molar-refractivity contribution < 1.29 is 18.0 Å². The Bertz CT molecular complexity index is 354. The van der Waals surface area contributed by atoms with Crippen molar-refractivity contribution >= 4 is 34.2 Å². The average molecular weight is 252 g/mol. The van der Waals surface area contributed by atoms with Gasteiger partial charge in [-0.05, 0) is 11.4 Å². The standard InChI is InChI=1S/C9H7F3OS2/c10-9(11,12)5-6(13)4-7(14)8-2-1-3-15-8/h1-3H,4-5H2. The number of rotatable bonds is 4. The van der Waals surface area contributed by atoms with Crippen molar-refractivity contribution in [2.45, 2.75) is 19.0 Å². The van der Waals surface area contributed by atoms with Gasteiger partial charge in [0.05, 0.1) is 0 Å². The molecule has 0 radical (unpaired) electrons. The van der Waals surface area contributed by atoms with Crippen LogP contribution in [-0.2, 0) is 4.79 Å². The smallest absolute Gasteiger partial charge is 0.299 e. The van der Waals surface area contributed by atoms with Gasteiger partial charge in [-0.3, -0.25) is 4.79 Å². The van der Waals surface area contributed by atoms with E-state index in [1.165, 1.54) is 11.3 Å². The van der Waals surface area contributed by atoms with Gasteiger partial charge in [0.1, 0.15) is 12.2 Å². The number of carbonyl (C=O) groups excluding carboxylic acids is 1. The largest absolute Gasteiger partial charge is 0.395 e. The Morgan fingerprint density at radius 1 is 1.47 bits per heavy atom. The van der Waals surface area contributed by atoms with Crippen molar-refractivity contribution in [3.63, 3.8) is 0 Å². The van der Waals surface area contributed by atoms with Crippen molar-refractivity contribution in [2.24, 2.45) is 0 Å². The molecule has 1 nitrogen and oxygen atoms in total. The van der Waals surface area contributed by atoms with E-state index in [2.05, 4.69) is 0 Å². The number of hydrogen-bond donors (Lipinski definition) is 0. The second-order valence-corrected chi connectivity index (χ2v) is 4.35. The average Bonchev–Trinajstić information content (AvgIpc) is 2.50. The van der Waals surface area contributed by atoms with E-state index >= 15 is 0 Å². The molecule has 0 saturated carbocycles. The van der Waals surface area contributed by atoms with Crippen LogP contribution in [0.2, 0.25) is 0 Å². The number of Topliss-reactive ketones (excluding diaryl/α,β-unsaturated/α-hetero) is 1. The van der Waals surface area contributed by atoms with E-state index in [0.717, 1.165) is 0 Å². The first-order chi connectivity index (χ1) is 6.88. The molecule has 1 heterocycles. The second-order valence-electron chi connectivity index (χ2n) is 2.91. The first kappa shape index (κ1) is 12.3. The summed E-state index contributed by atoms with van der Waals surface area (Å²) in [5.74, 6) is -0.888. The minimum atomic E-state index is -4.44. The summed E-state index contributed by atoms with van der Waals surface area (Å²) >= 11 is 6.18. The Morgan fingerprint density at radius 2 is 2.13 bits per heavy atom. The molecular formula is C9H7F3OS2. The Balaban J connectivity index is 2.50. The zero-order chi connectivity index (χ0) is 11.5. The first-order valence-electron chi connectivity index (χ1n) is 4.03. The molecule has 1 aromatic heterocycles. The van der Waals surface area contributed by atoms with Gasteiger partial charge >= 0.3 is 6.18 Å². The maximum absolute atomic E-state index is 11.8. The molecular weight excluding hydrogens is 245 g/mol. The lowest BCUT2D eigenvalue weighted by Gasteiger charge is -2.04. The lowest BCUT2D eigenvalue weighted by atomic mass is 10.1. The van der Waals surface area contributed by atoms with Crippen LogP contribution in [0.4, 0.5) is 13.2 Å². The van der Waals surface area contributed by atoms with E-state index in [-0.39, 0.29) is 11.3 Å². The molecule has 0 saturated heterocycles. The van der Waals surface area contributed by atoms with Crippen LogP contribution in [0.25, 0.3) is 0 Å². The zero-order valence-electron chi connectivity index (χ0n) is 7.50. The summed E-state index contributed by atoms with van der Waals surface area (Å²) in [5, 5.41) is 1.76. The van der Waals surface area contributed by atoms with Crippen LogP contribution in [0.3, 0.4) is 0 Å². The molecule has 15 heavy (non-hydrogen) atoms.